The number of aryl methyl sites for hydroxylation is 1. The number of carbonyl (C=O) groups is 1. The molecular weight excluding hydrogens is 364 g/mol. The molecule has 2 aromatic carbocycles. The fraction of sp³-hybridized carbons (Fsp3) is 0.381. The van der Waals surface area contributed by atoms with Crippen molar-refractivity contribution in [2.75, 3.05) is 39.9 Å². The second kappa shape index (κ2) is 9.11. The van der Waals surface area contributed by atoms with Gasteiger partial charge >= 0.3 is 0 Å². The SMILES string of the molecule is COc1ccc(CN2CCN(C(=O)COc3ccc(Cl)c(C)c3)CC2)cc1. The van der Waals surface area contributed by atoms with Crippen LogP contribution < -0.4 is 9.47 Å². The highest BCUT2D eigenvalue weighted by atomic mass is 35.5. The average molecular weight is 389 g/mol. The van der Waals surface area contributed by atoms with Crippen molar-refractivity contribution in [3.63, 3.8) is 0 Å². The highest BCUT2D eigenvalue weighted by Gasteiger charge is 2.21. The van der Waals surface area contributed by atoms with Crippen molar-refractivity contribution < 1.29 is 14.3 Å². The molecule has 144 valence electrons. The van der Waals surface area contributed by atoms with Crippen LogP contribution in [0.2, 0.25) is 5.02 Å². The molecule has 0 bridgehead atoms. The van der Waals surface area contributed by atoms with E-state index in [0.29, 0.717) is 10.8 Å². The summed E-state index contributed by atoms with van der Waals surface area (Å²) < 4.78 is 10.8. The molecule has 1 amide bonds. The monoisotopic (exact) mass is 388 g/mol. The third kappa shape index (κ3) is 5.37. The summed E-state index contributed by atoms with van der Waals surface area (Å²) in [6.45, 7) is 6.01. The van der Waals surface area contributed by atoms with Gasteiger partial charge in [-0.1, -0.05) is 23.7 Å². The minimum atomic E-state index is 0.0201. The van der Waals surface area contributed by atoms with Crippen LogP contribution >= 0.6 is 11.6 Å². The number of ether oxygens (including phenoxy) is 2. The quantitative estimate of drug-likeness (QED) is 0.760. The third-order valence-corrected chi connectivity index (χ3v) is 5.21. The van der Waals surface area contributed by atoms with Crippen molar-refractivity contribution in [3.05, 3.63) is 58.6 Å². The van der Waals surface area contributed by atoms with E-state index in [9.17, 15) is 4.79 Å². The van der Waals surface area contributed by atoms with Crippen LogP contribution in [0.4, 0.5) is 0 Å². The molecule has 1 saturated heterocycles. The number of methoxy groups -OCH3 is 1. The van der Waals surface area contributed by atoms with Crippen molar-refractivity contribution >= 4 is 17.5 Å². The van der Waals surface area contributed by atoms with Crippen molar-refractivity contribution in [2.45, 2.75) is 13.5 Å². The minimum absolute atomic E-state index is 0.0201. The summed E-state index contributed by atoms with van der Waals surface area (Å²) in [4.78, 5) is 16.6. The van der Waals surface area contributed by atoms with E-state index in [1.165, 1.54) is 5.56 Å². The maximum atomic E-state index is 12.4. The molecule has 0 radical (unpaired) electrons. The Hall–Kier alpha value is -2.24. The number of piperazine rings is 1. The van der Waals surface area contributed by atoms with Gasteiger partial charge in [0.25, 0.3) is 5.91 Å². The molecule has 1 fully saturated rings. The van der Waals surface area contributed by atoms with E-state index in [2.05, 4.69) is 17.0 Å². The first kappa shape index (κ1) is 19.5. The van der Waals surface area contributed by atoms with Gasteiger partial charge in [-0.2, -0.15) is 0 Å². The number of benzene rings is 2. The molecule has 0 unspecified atom stereocenters. The smallest absolute Gasteiger partial charge is 0.260 e. The van der Waals surface area contributed by atoms with E-state index < -0.39 is 0 Å². The van der Waals surface area contributed by atoms with Gasteiger partial charge in [0, 0.05) is 37.7 Å². The number of hydrogen-bond donors (Lipinski definition) is 0. The number of nitrogens with zero attached hydrogens (tertiary/aromatic N) is 2. The molecule has 0 spiro atoms. The van der Waals surface area contributed by atoms with Gasteiger partial charge in [-0.3, -0.25) is 9.69 Å². The van der Waals surface area contributed by atoms with Crippen LogP contribution in [0.3, 0.4) is 0 Å². The van der Waals surface area contributed by atoms with E-state index in [1.807, 2.05) is 30.0 Å². The summed E-state index contributed by atoms with van der Waals surface area (Å²) in [6, 6.07) is 13.5. The molecule has 5 nitrogen and oxygen atoms in total. The van der Waals surface area contributed by atoms with Gasteiger partial charge < -0.3 is 14.4 Å². The van der Waals surface area contributed by atoms with Crippen LogP contribution in [-0.4, -0.2) is 55.6 Å². The molecule has 6 heteroatoms. The van der Waals surface area contributed by atoms with E-state index in [-0.39, 0.29) is 12.5 Å². The Morgan fingerprint density at radius 2 is 1.70 bits per heavy atom. The van der Waals surface area contributed by atoms with Crippen LogP contribution in [0.5, 0.6) is 11.5 Å². The summed E-state index contributed by atoms with van der Waals surface area (Å²) in [5.41, 5.74) is 2.19. The van der Waals surface area contributed by atoms with Crippen molar-refractivity contribution in [1.82, 2.24) is 9.80 Å². The molecule has 0 atom stereocenters. The molecule has 1 aliphatic rings. The van der Waals surface area contributed by atoms with Crippen LogP contribution in [0.25, 0.3) is 0 Å². The third-order valence-electron chi connectivity index (χ3n) is 4.78. The summed E-state index contributed by atoms with van der Waals surface area (Å²) in [5.74, 6) is 1.56. The zero-order chi connectivity index (χ0) is 19.2. The number of amides is 1. The number of halogens is 1. The fourth-order valence-electron chi connectivity index (χ4n) is 3.09. The Kier molecular flexibility index (Phi) is 6.58. The summed E-state index contributed by atoms with van der Waals surface area (Å²) in [6.07, 6.45) is 0. The number of hydrogen-bond acceptors (Lipinski definition) is 4. The first-order chi connectivity index (χ1) is 13.0. The maximum Gasteiger partial charge on any atom is 0.260 e. The summed E-state index contributed by atoms with van der Waals surface area (Å²) in [5, 5.41) is 0.696. The predicted molar refractivity (Wildman–Crippen MR) is 107 cm³/mol. The predicted octanol–water partition coefficient (Wildman–Crippen LogP) is 3.38. The Balaban J connectivity index is 1.43. The molecule has 1 aliphatic heterocycles. The van der Waals surface area contributed by atoms with Crippen LogP contribution in [-0.2, 0) is 11.3 Å². The van der Waals surface area contributed by atoms with Crippen molar-refractivity contribution in [3.8, 4) is 11.5 Å². The van der Waals surface area contributed by atoms with Gasteiger partial charge in [0.2, 0.25) is 0 Å². The van der Waals surface area contributed by atoms with Gasteiger partial charge in [-0.05, 0) is 48.4 Å². The van der Waals surface area contributed by atoms with E-state index in [4.69, 9.17) is 21.1 Å². The number of rotatable bonds is 6. The lowest BCUT2D eigenvalue weighted by molar-refractivity contribution is -0.135. The number of carbonyl (C=O) groups excluding carboxylic acids is 1. The molecular formula is C21H25ClN2O3. The molecule has 0 aliphatic carbocycles. The molecule has 0 N–H and O–H groups in total. The van der Waals surface area contributed by atoms with E-state index >= 15 is 0 Å². The Morgan fingerprint density at radius 3 is 2.33 bits per heavy atom. The average Bonchev–Trinajstić information content (AvgIpc) is 2.70. The molecule has 27 heavy (non-hydrogen) atoms. The summed E-state index contributed by atoms with van der Waals surface area (Å²) in [7, 11) is 1.67. The first-order valence-electron chi connectivity index (χ1n) is 9.07. The Bertz CT molecular complexity index is 771. The Labute approximate surface area is 165 Å². The largest absolute Gasteiger partial charge is 0.497 e. The van der Waals surface area contributed by atoms with Crippen molar-refractivity contribution in [1.29, 1.82) is 0 Å². The van der Waals surface area contributed by atoms with Crippen LogP contribution in [0, 0.1) is 6.92 Å². The zero-order valence-electron chi connectivity index (χ0n) is 15.8. The zero-order valence-corrected chi connectivity index (χ0v) is 16.5. The topological polar surface area (TPSA) is 42.0 Å². The molecule has 3 rings (SSSR count). The second-order valence-electron chi connectivity index (χ2n) is 6.70. The normalized spacial score (nSPS) is 14.9. The minimum Gasteiger partial charge on any atom is -0.497 e. The van der Waals surface area contributed by atoms with Gasteiger partial charge in [-0.25, -0.2) is 0 Å². The first-order valence-corrected chi connectivity index (χ1v) is 9.45. The lowest BCUT2D eigenvalue weighted by Crippen LogP contribution is -2.49. The molecule has 0 saturated carbocycles. The van der Waals surface area contributed by atoms with Crippen molar-refractivity contribution in [2.24, 2.45) is 0 Å². The molecule has 1 heterocycles. The standard InChI is InChI=1S/C21H25ClN2O3/c1-16-13-19(7-8-20(16)22)27-15-21(25)24-11-9-23(10-12-24)14-17-3-5-18(26-2)6-4-17/h3-8,13H,9-12,14-15H2,1-2H3. The maximum absolute atomic E-state index is 12.4. The highest BCUT2D eigenvalue weighted by Crippen LogP contribution is 2.21. The highest BCUT2D eigenvalue weighted by molar-refractivity contribution is 6.31. The lowest BCUT2D eigenvalue weighted by Gasteiger charge is -2.34. The van der Waals surface area contributed by atoms with Crippen LogP contribution in [0.15, 0.2) is 42.5 Å². The summed E-state index contributed by atoms with van der Waals surface area (Å²) >= 11 is 6.01. The van der Waals surface area contributed by atoms with Gasteiger partial charge in [0.1, 0.15) is 11.5 Å². The Morgan fingerprint density at radius 1 is 1.04 bits per heavy atom. The van der Waals surface area contributed by atoms with Gasteiger partial charge in [0.15, 0.2) is 6.61 Å². The second-order valence-corrected chi connectivity index (χ2v) is 7.11. The van der Waals surface area contributed by atoms with E-state index in [0.717, 1.165) is 44.0 Å². The van der Waals surface area contributed by atoms with Gasteiger partial charge in [-0.15, -0.1) is 0 Å². The fourth-order valence-corrected chi connectivity index (χ4v) is 3.21. The molecule has 0 aromatic heterocycles. The van der Waals surface area contributed by atoms with Crippen LogP contribution in [0.1, 0.15) is 11.1 Å². The molecule has 2 aromatic rings. The van der Waals surface area contributed by atoms with Gasteiger partial charge in [0.05, 0.1) is 7.11 Å². The van der Waals surface area contributed by atoms with E-state index in [1.54, 1.807) is 19.2 Å². The lowest BCUT2D eigenvalue weighted by atomic mass is 10.2.